The maximum atomic E-state index is 13.6. The zero-order valence-electron chi connectivity index (χ0n) is 14.9. The summed E-state index contributed by atoms with van der Waals surface area (Å²) in [7, 11) is -3.35. The quantitative estimate of drug-likeness (QED) is 0.892. The van der Waals surface area contributed by atoms with Gasteiger partial charge in [0.05, 0.1) is 11.9 Å². The number of rotatable bonds is 4. The van der Waals surface area contributed by atoms with Crippen LogP contribution < -0.4 is 9.62 Å². The van der Waals surface area contributed by atoms with Crippen molar-refractivity contribution in [1.29, 1.82) is 0 Å². The fourth-order valence-corrected chi connectivity index (χ4v) is 4.54. The lowest BCUT2D eigenvalue weighted by Gasteiger charge is -2.21. The molecule has 1 aliphatic rings. The molecule has 7 heteroatoms. The maximum absolute atomic E-state index is 13.6. The van der Waals surface area contributed by atoms with Crippen LogP contribution in [-0.4, -0.2) is 26.6 Å². The minimum atomic E-state index is -3.35. The van der Waals surface area contributed by atoms with Crippen LogP contribution in [0.5, 0.6) is 0 Å². The predicted octanol–water partition coefficient (Wildman–Crippen LogP) is 2.77. The third-order valence-corrected chi connectivity index (χ3v) is 5.81. The molecule has 0 spiro atoms. The summed E-state index contributed by atoms with van der Waals surface area (Å²) in [5.41, 5.74) is 3.15. The molecule has 0 bridgehead atoms. The zero-order chi connectivity index (χ0) is 19.1. The highest BCUT2D eigenvalue weighted by Gasteiger charge is 2.32. The van der Waals surface area contributed by atoms with Gasteiger partial charge in [-0.05, 0) is 61.2 Å². The zero-order valence-corrected chi connectivity index (χ0v) is 15.7. The Morgan fingerprint density at radius 2 is 2.00 bits per heavy atom. The van der Waals surface area contributed by atoms with E-state index in [-0.39, 0.29) is 24.3 Å². The van der Waals surface area contributed by atoms with Crippen LogP contribution in [0.4, 0.5) is 10.1 Å². The summed E-state index contributed by atoms with van der Waals surface area (Å²) < 4.78 is 38.9. The van der Waals surface area contributed by atoms with Crippen LogP contribution in [0.25, 0.3) is 0 Å². The van der Waals surface area contributed by atoms with Crippen molar-refractivity contribution in [3.8, 4) is 0 Å². The first-order valence-electron chi connectivity index (χ1n) is 8.32. The molecule has 26 heavy (non-hydrogen) atoms. The average molecular weight is 376 g/mol. The van der Waals surface area contributed by atoms with Crippen molar-refractivity contribution in [3.05, 3.63) is 64.5 Å². The van der Waals surface area contributed by atoms with Gasteiger partial charge in [-0.15, -0.1) is 0 Å². The van der Waals surface area contributed by atoms with Gasteiger partial charge in [0.25, 0.3) is 5.91 Å². The van der Waals surface area contributed by atoms with Crippen molar-refractivity contribution in [1.82, 2.24) is 5.32 Å². The minimum Gasteiger partial charge on any atom is -0.348 e. The topological polar surface area (TPSA) is 66.5 Å². The standard InChI is InChI=1S/C19H21FN2O3S/c1-12-4-5-14(9-17(12)20)11-21-19(23)15-6-7-18-16(10-15)8-13(2)22(18)26(3,24)25/h4-7,9-10,13H,8,11H2,1-3H3,(H,21,23). The van der Waals surface area contributed by atoms with Crippen LogP contribution in [0.1, 0.15) is 34.0 Å². The van der Waals surface area contributed by atoms with Crippen LogP contribution in [0.2, 0.25) is 0 Å². The number of hydrogen-bond acceptors (Lipinski definition) is 3. The van der Waals surface area contributed by atoms with Gasteiger partial charge in [-0.2, -0.15) is 0 Å². The molecule has 0 aromatic heterocycles. The molecule has 1 atom stereocenters. The Morgan fingerprint density at radius 1 is 1.27 bits per heavy atom. The Labute approximate surface area is 152 Å². The summed E-state index contributed by atoms with van der Waals surface area (Å²) in [4.78, 5) is 12.4. The number of fused-ring (bicyclic) bond motifs is 1. The lowest BCUT2D eigenvalue weighted by Crippen LogP contribution is -2.34. The summed E-state index contributed by atoms with van der Waals surface area (Å²) in [6, 6.07) is 9.68. The molecule has 3 rings (SSSR count). The molecule has 2 aromatic rings. The van der Waals surface area contributed by atoms with Gasteiger partial charge in [0.2, 0.25) is 10.0 Å². The number of nitrogens with one attached hydrogen (secondary N) is 1. The van der Waals surface area contributed by atoms with E-state index in [9.17, 15) is 17.6 Å². The fourth-order valence-electron chi connectivity index (χ4n) is 3.28. The van der Waals surface area contributed by atoms with Crippen molar-refractivity contribution < 1.29 is 17.6 Å². The molecule has 1 amide bonds. The Bertz CT molecular complexity index is 973. The molecule has 1 N–H and O–H groups in total. The molecule has 2 aromatic carbocycles. The number of nitrogens with zero attached hydrogens (tertiary/aromatic N) is 1. The number of carbonyl (C=O) groups is 1. The summed E-state index contributed by atoms with van der Waals surface area (Å²) in [5, 5.41) is 2.77. The SMILES string of the molecule is Cc1ccc(CNC(=O)c2ccc3c(c2)CC(C)N3S(C)(=O)=O)cc1F. The van der Waals surface area contributed by atoms with E-state index in [4.69, 9.17) is 0 Å². The van der Waals surface area contributed by atoms with Gasteiger partial charge in [0, 0.05) is 18.2 Å². The number of hydrogen-bond donors (Lipinski definition) is 1. The highest BCUT2D eigenvalue weighted by molar-refractivity contribution is 7.92. The fraction of sp³-hybridized carbons (Fsp3) is 0.316. The van der Waals surface area contributed by atoms with E-state index < -0.39 is 10.0 Å². The normalized spacial score (nSPS) is 16.5. The molecule has 1 unspecified atom stereocenters. The van der Waals surface area contributed by atoms with Crippen molar-refractivity contribution in [3.63, 3.8) is 0 Å². The largest absolute Gasteiger partial charge is 0.348 e. The molecular formula is C19H21FN2O3S. The first-order valence-corrected chi connectivity index (χ1v) is 10.2. The highest BCUT2D eigenvalue weighted by Crippen LogP contribution is 2.34. The van der Waals surface area contributed by atoms with E-state index in [2.05, 4.69) is 5.32 Å². The Balaban J connectivity index is 1.75. The predicted molar refractivity (Wildman–Crippen MR) is 99.2 cm³/mol. The highest BCUT2D eigenvalue weighted by atomic mass is 32.2. The molecule has 1 aliphatic heterocycles. The van der Waals surface area contributed by atoms with Gasteiger partial charge in [0.15, 0.2) is 0 Å². The second-order valence-electron chi connectivity index (χ2n) is 6.72. The summed E-state index contributed by atoms with van der Waals surface area (Å²) >= 11 is 0. The molecule has 0 saturated carbocycles. The molecule has 0 radical (unpaired) electrons. The van der Waals surface area contributed by atoms with Crippen molar-refractivity contribution >= 4 is 21.6 Å². The average Bonchev–Trinajstić information content (AvgIpc) is 2.90. The van der Waals surface area contributed by atoms with Gasteiger partial charge in [-0.1, -0.05) is 12.1 Å². The van der Waals surface area contributed by atoms with Gasteiger partial charge in [-0.25, -0.2) is 12.8 Å². The lowest BCUT2D eigenvalue weighted by atomic mass is 10.1. The molecule has 0 aliphatic carbocycles. The summed E-state index contributed by atoms with van der Waals surface area (Å²) in [6.07, 6.45) is 1.74. The lowest BCUT2D eigenvalue weighted by molar-refractivity contribution is 0.0950. The van der Waals surface area contributed by atoms with E-state index in [0.29, 0.717) is 28.8 Å². The van der Waals surface area contributed by atoms with E-state index in [1.807, 2.05) is 6.92 Å². The van der Waals surface area contributed by atoms with Crippen molar-refractivity contribution in [2.45, 2.75) is 32.9 Å². The third-order valence-electron chi connectivity index (χ3n) is 4.54. The van der Waals surface area contributed by atoms with E-state index in [1.165, 1.54) is 16.6 Å². The first-order chi connectivity index (χ1) is 12.2. The number of amides is 1. The Morgan fingerprint density at radius 3 is 2.65 bits per heavy atom. The molecule has 0 fully saturated rings. The number of aryl methyl sites for hydroxylation is 1. The molecular weight excluding hydrogens is 355 g/mol. The summed E-state index contributed by atoms with van der Waals surface area (Å²) in [6.45, 7) is 3.74. The molecule has 138 valence electrons. The van der Waals surface area contributed by atoms with Crippen LogP contribution in [0.3, 0.4) is 0 Å². The van der Waals surface area contributed by atoms with Crippen LogP contribution in [-0.2, 0) is 23.0 Å². The number of sulfonamides is 1. The van der Waals surface area contributed by atoms with Gasteiger partial charge >= 0.3 is 0 Å². The smallest absolute Gasteiger partial charge is 0.251 e. The number of benzene rings is 2. The number of carbonyl (C=O) groups excluding carboxylic acids is 1. The molecule has 0 saturated heterocycles. The van der Waals surface area contributed by atoms with Gasteiger partial charge in [-0.3, -0.25) is 9.10 Å². The van der Waals surface area contributed by atoms with Crippen LogP contribution in [0, 0.1) is 12.7 Å². The monoisotopic (exact) mass is 376 g/mol. The number of anilines is 1. The van der Waals surface area contributed by atoms with Crippen molar-refractivity contribution in [2.24, 2.45) is 0 Å². The molecule has 5 nitrogen and oxygen atoms in total. The van der Waals surface area contributed by atoms with E-state index in [0.717, 1.165) is 5.56 Å². The van der Waals surface area contributed by atoms with E-state index in [1.54, 1.807) is 37.3 Å². The second kappa shape index (κ2) is 6.72. The molecule has 1 heterocycles. The summed E-state index contributed by atoms with van der Waals surface area (Å²) in [5.74, 6) is -0.580. The number of halogens is 1. The van der Waals surface area contributed by atoms with Crippen molar-refractivity contribution in [2.75, 3.05) is 10.6 Å². The van der Waals surface area contributed by atoms with Gasteiger partial charge < -0.3 is 5.32 Å². The minimum absolute atomic E-state index is 0.172. The Kier molecular flexibility index (Phi) is 4.75. The van der Waals surface area contributed by atoms with Gasteiger partial charge in [0.1, 0.15) is 5.82 Å². The maximum Gasteiger partial charge on any atom is 0.251 e. The second-order valence-corrected chi connectivity index (χ2v) is 8.58. The van der Waals surface area contributed by atoms with E-state index >= 15 is 0 Å². The van der Waals surface area contributed by atoms with Crippen LogP contribution >= 0.6 is 0 Å². The first kappa shape index (κ1) is 18.4. The van der Waals surface area contributed by atoms with Crippen LogP contribution in [0.15, 0.2) is 36.4 Å². The Hall–Kier alpha value is -2.41. The third kappa shape index (κ3) is 3.58.